The summed E-state index contributed by atoms with van der Waals surface area (Å²) >= 11 is 0. The summed E-state index contributed by atoms with van der Waals surface area (Å²) in [4.78, 5) is 48.8. The van der Waals surface area contributed by atoms with Crippen LogP contribution in [0.1, 0.15) is 73.6 Å². The average Bonchev–Trinajstić information content (AvgIpc) is 2.89. The minimum atomic E-state index is -4.39. The number of rotatable bonds is 13. The van der Waals surface area contributed by atoms with Gasteiger partial charge in [-0.25, -0.2) is 17.2 Å². The molecule has 40 heavy (non-hydrogen) atoms. The van der Waals surface area contributed by atoms with Gasteiger partial charge in [0.2, 0.25) is 0 Å². The Kier molecular flexibility index (Phi) is 11.9. The summed E-state index contributed by atoms with van der Waals surface area (Å²) in [7, 11) is -4.39. The molecule has 0 saturated heterocycles. The molecule has 1 aromatic carbocycles. The molecule has 0 aliphatic heterocycles. The monoisotopic (exact) mass is 572 g/mol. The number of hydrogen-bond acceptors (Lipinski definition) is 7. The van der Waals surface area contributed by atoms with Crippen molar-refractivity contribution >= 4 is 27.9 Å². The second-order valence-electron chi connectivity index (χ2n) is 9.89. The Hall–Kier alpha value is -4.11. The molecular weight excluding hydrogens is 536 g/mol. The quantitative estimate of drug-likeness (QED) is 0.246. The van der Waals surface area contributed by atoms with Crippen molar-refractivity contribution < 1.29 is 27.5 Å². The fourth-order valence-corrected chi connectivity index (χ4v) is 4.73. The molecule has 0 aliphatic rings. The van der Waals surface area contributed by atoms with Gasteiger partial charge in [-0.05, 0) is 70.7 Å². The van der Waals surface area contributed by atoms with Crippen LogP contribution in [-0.2, 0) is 14.8 Å². The molecule has 0 aliphatic carbocycles. The highest BCUT2D eigenvalue weighted by atomic mass is 32.2. The molecule has 0 radical (unpaired) electrons. The van der Waals surface area contributed by atoms with Crippen molar-refractivity contribution in [3.8, 4) is 12.3 Å². The van der Waals surface area contributed by atoms with E-state index in [-0.39, 0.29) is 16.0 Å². The Morgan fingerprint density at radius 2 is 1.52 bits per heavy atom. The zero-order valence-electron chi connectivity index (χ0n) is 23.0. The van der Waals surface area contributed by atoms with E-state index < -0.39 is 39.1 Å². The van der Waals surface area contributed by atoms with Crippen LogP contribution < -0.4 is 21.5 Å². The number of nitrogens with one attached hydrogen (secondary N) is 3. The second-order valence-corrected chi connectivity index (χ2v) is 11.7. The highest BCUT2D eigenvalue weighted by Crippen LogP contribution is 2.15. The van der Waals surface area contributed by atoms with Crippen LogP contribution in [0, 0.1) is 12.3 Å². The molecule has 0 saturated carbocycles. The van der Waals surface area contributed by atoms with Crippen molar-refractivity contribution in [1.82, 2.24) is 19.9 Å². The van der Waals surface area contributed by atoms with Crippen LogP contribution in [-0.4, -0.2) is 55.5 Å². The van der Waals surface area contributed by atoms with Crippen LogP contribution >= 0.6 is 0 Å². The van der Waals surface area contributed by atoms with E-state index in [0.29, 0.717) is 49.3 Å². The lowest BCUT2D eigenvalue weighted by molar-refractivity contribution is 0.0526. The number of aromatic nitrogens is 1. The van der Waals surface area contributed by atoms with E-state index in [4.69, 9.17) is 11.2 Å². The molecule has 216 valence electrons. The number of hydrogen-bond donors (Lipinski definition) is 3. The lowest BCUT2D eigenvalue weighted by Crippen LogP contribution is -2.33. The first-order valence-corrected chi connectivity index (χ1v) is 14.3. The third-order valence-corrected chi connectivity index (χ3v) is 7.04. The van der Waals surface area contributed by atoms with Crippen LogP contribution in [0.3, 0.4) is 0 Å². The zero-order valence-corrected chi connectivity index (χ0v) is 23.8. The summed E-state index contributed by atoms with van der Waals surface area (Å²) in [6.07, 6.45) is 8.76. The van der Waals surface area contributed by atoms with Crippen LogP contribution in [0.4, 0.5) is 4.79 Å². The molecule has 11 nitrogen and oxygen atoms in total. The molecular formula is C28H36N4O7S. The number of alkyl carbamates (subject to hydrolysis) is 1. The van der Waals surface area contributed by atoms with Crippen molar-refractivity contribution in [1.29, 1.82) is 0 Å². The SMILES string of the molecule is C#CCCCNC(=O)c1cccc(S(=O)(=O)n2cc(C(=O)NCCCCCNC(=O)OC(C)(C)C)ccc2=O)c1. The van der Waals surface area contributed by atoms with E-state index in [0.717, 1.165) is 18.7 Å². The topological polar surface area (TPSA) is 153 Å². The third kappa shape index (κ3) is 10.2. The first-order valence-electron chi connectivity index (χ1n) is 12.9. The number of carbonyl (C=O) groups is 3. The summed E-state index contributed by atoms with van der Waals surface area (Å²) in [5.74, 6) is 1.45. The van der Waals surface area contributed by atoms with E-state index in [1.54, 1.807) is 20.8 Å². The van der Waals surface area contributed by atoms with Gasteiger partial charge in [-0.15, -0.1) is 12.3 Å². The number of ether oxygens (including phenoxy) is 1. The predicted molar refractivity (Wildman–Crippen MR) is 151 cm³/mol. The highest BCUT2D eigenvalue weighted by molar-refractivity contribution is 7.90. The molecule has 1 aromatic heterocycles. The summed E-state index contributed by atoms with van der Waals surface area (Å²) in [6.45, 7) is 6.41. The molecule has 0 atom stereocenters. The van der Waals surface area contributed by atoms with Crippen LogP contribution in [0.2, 0.25) is 0 Å². The molecule has 2 rings (SSSR count). The van der Waals surface area contributed by atoms with Gasteiger partial charge in [0.15, 0.2) is 0 Å². The third-order valence-electron chi connectivity index (χ3n) is 5.39. The van der Waals surface area contributed by atoms with E-state index in [1.165, 1.54) is 30.3 Å². The maximum absolute atomic E-state index is 13.2. The zero-order chi connectivity index (χ0) is 29.8. The Morgan fingerprint density at radius 1 is 0.900 bits per heavy atom. The number of nitrogens with zero attached hydrogens (tertiary/aromatic N) is 1. The van der Waals surface area contributed by atoms with E-state index in [2.05, 4.69) is 21.9 Å². The fraction of sp³-hybridized carbons (Fsp3) is 0.429. The van der Waals surface area contributed by atoms with Crippen LogP contribution in [0.15, 0.2) is 52.3 Å². The molecule has 3 N–H and O–H groups in total. The van der Waals surface area contributed by atoms with Crippen molar-refractivity contribution in [3.05, 3.63) is 64.1 Å². The smallest absolute Gasteiger partial charge is 0.407 e. The number of unbranched alkanes of at least 4 members (excludes halogenated alkanes) is 3. The summed E-state index contributed by atoms with van der Waals surface area (Å²) in [5, 5.41) is 8.02. The van der Waals surface area contributed by atoms with Gasteiger partial charge in [-0.2, -0.15) is 0 Å². The number of carbonyl (C=O) groups excluding carboxylic acids is 3. The molecule has 12 heteroatoms. The van der Waals surface area contributed by atoms with E-state index >= 15 is 0 Å². The summed E-state index contributed by atoms with van der Waals surface area (Å²) in [6, 6.07) is 7.53. The second kappa shape index (κ2) is 14.9. The van der Waals surface area contributed by atoms with Crippen molar-refractivity contribution in [2.24, 2.45) is 0 Å². The fourth-order valence-electron chi connectivity index (χ4n) is 3.43. The summed E-state index contributed by atoms with van der Waals surface area (Å²) < 4.78 is 32.1. The number of amides is 3. The van der Waals surface area contributed by atoms with Gasteiger partial charge in [0.05, 0.1) is 10.5 Å². The van der Waals surface area contributed by atoms with Crippen LogP contribution in [0.25, 0.3) is 0 Å². The minimum absolute atomic E-state index is 0.0165. The van der Waals surface area contributed by atoms with Gasteiger partial charge >= 0.3 is 6.09 Å². The van der Waals surface area contributed by atoms with Crippen molar-refractivity contribution in [3.63, 3.8) is 0 Å². The Morgan fingerprint density at radius 3 is 2.17 bits per heavy atom. The van der Waals surface area contributed by atoms with Crippen molar-refractivity contribution in [2.45, 2.75) is 63.4 Å². The first kappa shape index (κ1) is 32.1. The van der Waals surface area contributed by atoms with Gasteiger partial charge in [0, 0.05) is 43.9 Å². The number of benzene rings is 1. The van der Waals surface area contributed by atoms with Gasteiger partial charge in [-0.1, -0.05) is 6.07 Å². The van der Waals surface area contributed by atoms with Crippen LogP contribution in [0.5, 0.6) is 0 Å². The Balaban J connectivity index is 1.97. The van der Waals surface area contributed by atoms with Gasteiger partial charge < -0.3 is 20.7 Å². The molecule has 0 bridgehead atoms. The number of terminal acetylenes is 1. The standard InChI is InChI=1S/C28H36N4O7S/c1-5-6-8-16-29-25(34)21-12-11-13-23(19-21)40(37,38)32-20-22(14-15-24(32)33)26(35)30-17-9-7-10-18-31-27(36)39-28(2,3)4/h1,11-15,19-20H,6-10,16-18H2,2-4H3,(H,29,34)(H,30,35)(H,31,36). The maximum Gasteiger partial charge on any atom is 0.407 e. The Bertz CT molecular complexity index is 1400. The molecule has 2 aromatic rings. The molecule has 1 heterocycles. The minimum Gasteiger partial charge on any atom is -0.444 e. The highest BCUT2D eigenvalue weighted by Gasteiger charge is 2.21. The van der Waals surface area contributed by atoms with Crippen molar-refractivity contribution in [2.75, 3.05) is 19.6 Å². The molecule has 3 amide bonds. The molecule has 0 spiro atoms. The van der Waals surface area contributed by atoms with E-state index in [1.807, 2.05) is 0 Å². The predicted octanol–water partition coefficient (Wildman–Crippen LogP) is 2.65. The largest absolute Gasteiger partial charge is 0.444 e. The number of pyridine rings is 1. The summed E-state index contributed by atoms with van der Waals surface area (Å²) in [5.41, 5.74) is -1.33. The van der Waals surface area contributed by atoms with Gasteiger partial charge in [0.25, 0.3) is 27.4 Å². The maximum atomic E-state index is 13.2. The lowest BCUT2D eigenvalue weighted by Gasteiger charge is -2.19. The molecule has 0 unspecified atom stereocenters. The average molecular weight is 573 g/mol. The van der Waals surface area contributed by atoms with Gasteiger partial charge in [-0.3, -0.25) is 14.4 Å². The Labute approximate surface area is 234 Å². The molecule has 0 fully saturated rings. The van der Waals surface area contributed by atoms with Gasteiger partial charge in [0.1, 0.15) is 5.60 Å². The normalized spacial score (nSPS) is 11.2. The van der Waals surface area contributed by atoms with E-state index in [9.17, 15) is 27.6 Å². The lowest BCUT2D eigenvalue weighted by atomic mass is 10.2. The first-order chi connectivity index (χ1) is 18.8.